The van der Waals surface area contributed by atoms with E-state index in [2.05, 4.69) is 5.32 Å². The molecule has 0 radical (unpaired) electrons. The minimum atomic E-state index is -0.211. The Morgan fingerprint density at radius 1 is 1.18 bits per heavy atom. The summed E-state index contributed by atoms with van der Waals surface area (Å²) in [5.74, 6) is 0.574. The van der Waals surface area contributed by atoms with Crippen LogP contribution in [-0.4, -0.2) is 12.0 Å². The molecule has 0 heterocycles. The van der Waals surface area contributed by atoms with Gasteiger partial charge in [0.2, 0.25) is 5.91 Å². The molecular weight excluding hydrogens is 298 g/mol. The van der Waals surface area contributed by atoms with E-state index in [0.29, 0.717) is 10.7 Å². The lowest BCUT2D eigenvalue weighted by Crippen LogP contribution is -2.07. The van der Waals surface area contributed by atoms with Crippen molar-refractivity contribution in [1.29, 1.82) is 0 Å². The summed E-state index contributed by atoms with van der Waals surface area (Å²) < 4.78 is 5.62. The molecule has 1 N–H and O–H groups in total. The second kappa shape index (κ2) is 7.66. The van der Waals surface area contributed by atoms with E-state index in [1.54, 1.807) is 30.3 Å². The van der Waals surface area contributed by atoms with Crippen molar-refractivity contribution in [2.75, 3.05) is 5.32 Å². The number of ether oxygens (including phenoxy) is 1. The van der Waals surface area contributed by atoms with E-state index in [1.165, 1.54) is 6.08 Å². The molecule has 0 saturated heterocycles. The first kappa shape index (κ1) is 16.1. The SMILES string of the molecule is CC(C)Oc1cccc(/C=C/C(=O)Nc2cccc(Cl)c2)c1. The molecule has 0 spiro atoms. The average Bonchev–Trinajstić information content (AvgIpc) is 2.45. The second-order valence-corrected chi connectivity index (χ2v) is 5.51. The highest BCUT2D eigenvalue weighted by atomic mass is 35.5. The highest BCUT2D eigenvalue weighted by Crippen LogP contribution is 2.17. The van der Waals surface area contributed by atoms with Crippen LogP contribution in [-0.2, 0) is 4.79 Å². The zero-order chi connectivity index (χ0) is 15.9. The number of anilines is 1. The van der Waals surface area contributed by atoms with E-state index in [4.69, 9.17) is 16.3 Å². The molecule has 0 bridgehead atoms. The molecular formula is C18H18ClNO2. The standard InChI is InChI=1S/C18H18ClNO2/c1-13(2)22-17-8-3-5-14(11-17)9-10-18(21)20-16-7-4-6-15(19)12-16/h3-13H,1-2H3,(H,20,21)/b10-9+. The summed E-state index contributed by atoms with van der Waals surface area (Å²) in [6.45, 7) is 3.95. The number of rotatable bonds is 5. The van der Waals surface area contributed by atoms with Crippen LogP contribution >= 0.6 is 11.6 Å². The van der Waals surface area contributed by atoms with Crippen LogP contribution in [0.2, 0.25) is 5.02 Å². The lowest BCUT2D eigenvalue weighted by molar-refractivity contribution is -0.111. The van der Waals surface area contributed by atoms with Gasteiger partial charge in [0.25, 0.3) is 0 Å². The molecule has 1 amide bonds. The van der Waals surface area contributed by atoms with Crippen molar-refractivity contribution in [3.05, 3.63) is 65.2 Å². The highest BCUT2D eigenvalue weighted by molar-refractivity contribution is 6.30. The quantitative estimate of drug-likeness (QED) is 0.806. The van der Waals surface area contributed by atoms with E-state index in [0.717, 1.165) is 11.3 Å². The molecule has 0 unspecified atom stereocenters. The maximum absolute atomic E-state index is 11.9. The van der Waals surface area contributed by atoms with E-state index < -0.39 is 0 Å². The summed E-state index contributed by atoms with van der Waals surface area (Å²) in [4.78, 5) is 11.9. The highest BCUT2D eigenvalue weighted by Gasteiger charge is 2.00. The van der Waals surface area contributed by atoms with Gasteiger partial charge in [-0.1, -0.05) is 29.8 Å². The van der Waals surface area contributed by atoms with Crippen LogP contribution in [0.25, 0.3) is 6.08 Å². The first-order valence-electron chi connectivity index (χ1n) is 7.04. The van der Waals surface area contributed by atoms with Crippen LogP contribution in [0.5, 0.6) is 5.75 Å². The van der Waals surface area contributed by atoms with Gasteiger partial charge in [-0.05, 0) is 55.8 Å². The number of amides is 1. The number of carbonyl (C=O) groups excluding carboxylic acids is 1. The Balaban J connectivity index is 2.00. The zero-order valence-corrected chi connectivity index (χ0v) is 13.3. The van der Waals surface area contributed by atoms with Crippen molar-refractivity contribution in [3.63, 3.8) is 0 Å². The first-order valence-corrected chi connectivity index (χ1v) is 7.42. The molecule has 22 heavy (non-hydrogen) atoms. The first-order chi connectivity index (χ1) is 10.5. The Morgan fingerprint density at radius 2 is 1.95 bits per heavy atom. The fourth-order valence-electron chi connectivity index (χ4n) is 1.89. The van der Waals surface area contributed by atoms with Crippen LogP contribution in [0.15, 0.2) is 54.6 Å². The summed E-state index contributed by atoms with van der Waals surface area (Å²) in [5, 5.41) is 3.34. The molecule has 0 aromatic heterocycles. The monoisotopic (exact) mass is 315 g/mol. The lowest BCUT2D eigenvalue weighted by atomic mass is 10.2. The summed E-state index contributed by atoms with van der Waals surface area (Å²) in [7, 11) is 0. The Kier molecular flexibility index (Phi) is 5.61. The summed E-state index contributed by atoms with van der Waals surface area (Å²) >= 11 is 5.88. The van der Waals surface area contributed by atoms with E-state index >= 15 is 0 Å². The summed E-state index contributed by atoms with van der Waals surface area (Å²) in [6, 6.07) is 14.6. The van der Waals surface area contributed by atoms with Gasteiger partial charge in [0, 0.05) is 16.8 Å². The third-order valence-electron chi connectivity index (χ3n) is 2.75. The van der Waals surface area contributed by atoms with Crippen molar-refractivity contribution >= 4 is 29.3 Å². The number of benzene rings is 2. The molecule has 0 saturated carbocycles. The number of halogens is 1. The molecule has 0 aliphatic carbocycles. The molecule has 3 nitrogen and oxygen atoms in total. The van der Waals surface area contributed by atoms with Gasteiger partial charge in [-0.2, -0.15) is 0 Å². The van der Waals surface area contributed by atoms with E-state index in [9.17, 15) is 4.79 Å². The van der Waals surface area contributed by atoms with Gasteiger partial charge >= 0.3 is 0 Å². The van der Waals surface area contributed by atoms with Gasteiger partial charge in [0.05, 0.1) is 6.10 Å². The fourth-order valence-corrected chi connectivity index (χ4v) is 2.08. The topological polar surface area (TPSA) is 38.3 Å². The van der Waals surface area contributed by atoms with Crippen LogP contribution in [0.4, 0.5) is 5.69 Å². The molecule has 114 valence electrons. The van der Waals surface area contributed by atoms with Crippen molar-refractivity contribution < 1.29 is 9.53 Å². The second-order valence-electron chi connectivity index (χ2n) is 5.07. The van der Waals surface area contributed by atoms with Gasteiger partial charge in [-0.25, -0.2) is 0 Å². The van der Waals surface area contributed by atoms with Crippen LogP contribution in [0, 0.1) is 0 Å². The smallest absolute Gasteiger partial charge is 0.248 e. The molecule has 2 rings (SSSR count). The van der Waals surface area contributed by atoms with E-state index in [-0.39, 0.29) is 12.0 Å². The van der Waals surface area contributed by atoms with Crippen LogP contribution in [0.1, 0.15) is 19.4 Å². The minimum absolute atomic E-state index is 0.116. The largest absolute Gasteiger partial charge is 0.491 e. The molecule has 0 aliphatic heterocycles. The Bertz CT molecular complexity index is 680. The fraction of sp³-hybridized carbons (Fsp3) is 0.167. The molecule has 0 aliphatic rings. The Hall–Kier alpha value is -2.26. The number of nitrogens with one attached hydrogen (secondary N) is 1. The lowest BCUT2D eigenvalue weighted by Gasteiger charge is -2.09. The molecule has 2 aromatic rings. The number of carbonyl (C=O) groups is 1. The van der Waals surface area contributed by atoms with Crippen molar-refractivity contribution in [2.45, 2.75) is 20.0 Å². The zero-order valence-electron chi connectivity index (χ0n) is 12.5. The number of hydrogen-bond donors (Lipinski definition) is 1. The predicted molar refractivity (Wildman–Crippen MR) is 91.3 cm³/mol. The van der Waals surface area contributed by atoms with Gasteiger partial charge < -0.3 is 10.1 Å². The van der Waals surface area contributed by atoms with Gasteiger partial charge in [0.1, 0.15) is 5.75 Å². The molecule has 0 atom stereocenters. The third kappa shape index (κ3) is 5.26. The normalized spacial score (nSPS) is 10.9. The Morgan fingerprint density at radius 3 is 2.68 bits per heavy atom. The third-order valence-corrected chi connectivity index (χ3v) is 2.98. The Labute approximate surface area is 135 Å². The van der Waals surface area contributed by atoms with E-state index in [1.807, 2.05) is 38.1 Å². The minimum Gasteiger partial charge on any atom is -0.491 e. The molecule has 4 heteroatoms. The maximum Gasteiger partial charge on any atom is 0.248 e. The van der Waals surface area contributed by atoms with Crippen LogP contribution < -0.4 is 10.1 Å². The van der Waals surface area contributed by atoms with Crippen molar-refractivity contribution in [3.8, 4) is 5.75 Å². The van der Waals surface area contributed by atoms with Crippen LogP contribution in [0.3, 0.4) is 0 Å². The van der Waals surface area contributed by atoms with Gasteiger partial charge in [-0.15, -0.1) is 0 Å². The maximum atomic E-state index is 11.9. The average molecular weight is 316 g/mol. The van der Waals surface area contributed by atoms with Gasteiger partial charge in [0.15, 0.2) is 0 Å². The molecule has 0 fully saturated rings. The summed E-state index contributed by atoms with van der Waals surface area (Å²) in [6.07, 6.45) is 3.34. The van der Waals surface area contributed by atoms with Gasteiger partial charge in [-0.3, -0.25) is 4.79 Å². The predicted octanol–water partition coefficient (Wildman–Crippen LogP) is 4.78. The molecule has 2 aromatic carbocycles. The number of hydrogen-bond acceptors (Lipinski definition) is 2. The van der Waals surface area contributed by atoms with Crippen molar-refractivity contribution in [1.82, 2.24) is 0 Å². The van der Waals surface area contributed by atoms with Crippen molar-refractivity contribution in [2.24, 2.45) is 0 Å². The summed E-state index contributed by atoms with van der Waals surface area (Å²) in [5.41, 5.74) is 1.57.